The van der Waals surface area contributed by atoms with Crippen molar-refractivity contribution in [2.75, 3.05) is 5.75 Å². The Morgan fingerprint density at radius 3 is 2.94 bits per heavy atom. The SMILES string of the molecule is CC(C)CSCc1ncc(-c2cccc(Cl)c2)o1. The molecule has 0 N–H and O–H groups in total. The Kier molecular flexibility index (Phi) is 4.72. The average Bonchev–Trinajstić information content (AvgIpc) is 2.77. The molecule has 0 radical (unpaired) electrons. The Morgan fingerprint density at radius 2 is 2.22 bits per heavy atom. The second-order valence-corrected chi connectivity index (χ2v) is 6.00. The summed E-state index contributed by atoms with van der Waals surface area (Å²) < 4.78 is 5.72. The molecule has 0 aliphatic carbocycles. The van der Waals surface area contributed by atoms with Gasteiger partial charge in [0.25, 0.3) is 0 Å². The topological polar surface area (TPSA) is 26.0 Å². The highest BCUT2D eigenvalue weighted by atomic mass is 35.5. The maximum absolute atomic E-state index is 5.95. The fourth-order valence-electron chi connectivity index (χ4n) is 1.53. The lowest BCUT2D eigenvalue weighted by atomic mass is 10.2. The summed E-state index contributed by atoms with van der Waals surface area (Å²) >= 11 is 7.80. The Morgan fingerprint density at radius 1 is 1.39 bits per heavy atom. The molecule has 0 saturated carbocycles. The monoisotopic (exact) mass is 281 g/mol. The zero-order chi connectivity index (χ0) is 13.0. The van der Waals surface area contributed by atoms with Crippen molar-refractivity contribution in [1.29, 1.82) is 0 Å². The lowest BCUT2D eigenvalue weighted by Gasteiger charge is -2.01. The van der Waals surface area contributed by atoms with E-state index in [0.717, 1.165) is 28.7 Å². The summed E-state index contributed by atoms with van der Waals surface area (Å²) in [5.41, 5.74) is 0.968. The lowest BCUT2D eigenvalue weighted by molar-refractivity contribution is 0.530. The van der Waals surface area contributed by atoms with Gasteiger partial charge >= 0.3 is 0 Å². The molecule has 2 rings (SSSR count). The summed E-state index contributed by atoms with van der Waals surface area (Å²) in [7, 11) is 0. The van der Waals surface area contributed by atoms with Crippen LogP contribution in [0.25, 0.3) is 11.3 Å². The molecule has 0 unspecified atom stereocenters. The highest BCUT2D eigenvalue weighted by molar-refractivity contribution is 7.98. The van der Waals surface area contributed by atoms with Gasteiger partial charge in [0, 0.05) is 10.6 Å². The van der Waals surface area contributed by atoms with Crippen LogP contribution in [0.2, 0.25) is 5.02 Å². The van der Waals surface area contributed by atoms with Crippen molar-refractivity contribution in [1.82, 2.24) is 4.98 Å². The molecule has 0 saturated heterocycles. The largest absolute Gasteiger partial charge is 0.440 e. The van der Waals surface area contributed by atoms with Crippen molar-refractivity contribution in [2.45, 2.75) is 19.6 Å². The highest BCUT2D eigenvalue weighted by Crippen LogP contribution is 2.25. The molecule has 2 aromatic rings. The minimum atomic E-state index is 0.692. The third-order valence-corrected chi connectivity index (χ3v) is 3.93. The van der Waals surface area contributed by atoms with Gasteiger partial charge in [-0.25, -0.2) is 4.98 Å². The number of thioether (sulfide) groups is 1. The van der Waals surface area contributed by atoms with Gasteiger partial charge in [0.1, 0.15) is 0 Å². The second kappa shape index (κ2) is 6.30. The third-order valence-electron chi connectivity index (χ3n) is 2.34. The molecule has 0 aliphatic heterocycles. The summed E-state index contributed by atoms with van der Waals surface area (Å²) in [6, 6.07) is 7.61. The van der Waals surface area contributed by atoms with Crippen molar-refractivity contribution >= 4 is 23.4 Å². The van der Waals surface area contributed by atoms with E-state index in [1.165, 1.54) is 0 Å². The van der Waals surface area contributed by atoms with Crippen LogP contribution in [-0.4, -0.2) is 10.7 Å². The van der Waals surface area contributed by atoms with Crippen molar-refractivity contribution in [3.63, 3.8) is 0 Å². The molecule has 0 spiro atoms. The zero-order valence-corrected chi connectivity index (χ0v) is 12.1. The van der Waals surface area contributed by atoms with Crippen LogP contribution < -0.4 is 0 Å². The summed E-state index contributed by atoms with van der Waals surface area (Å²) in [5, 5.41) is 0.708. The Bertz CT molecular complexity index is 510. The van der Waals surface area contributed by atoms with Gasteiger partial charge in [0.15, 0.2) is 5.76 Å². The first-order valence-electron chi connectivity index (χ1n) is 5.93. The molecule has 2 nitrogen and oxygen atoms in total. The van der Waals surface area contributed by atoms with Crippen LogP contribution in [0.1, 0.15) is 19.7 Å². The molecule has 1 aromatic heterocycles. The molecule has 1 heterocycles. The molecule has 1 aromatic carbocycles. The number of rotatable bonds is 5. The van der Waals surface area contributed by atoms with Gasteiger partial charge in [-0.05, 0) is 23.8 Å². The molecule has 0 fully saturated rings. The predicted octanol–water partition coefficient (Wildman–Crippen LogP) is 4.88. The highest BCUT2D eigenvalue weighted by Gasteiger charge is 2.07. The van der Waals surface area contributed by atoms with Crippen LogP contribution in [0.3, 0.4) is 0 Å². The van der Waals surface area contributed by atoms with Gasteiger partial charge in [-0.2, -0.15) is 11.8 Å². The summed E-state index contributed by atoms with van der Waals surface area (Å²) in [6.45, 7) is 4.42. The Labute approximate surface area is 117 Å². The Balaban J connectivity index is 2.02. The van der Waals surface area contributed by atoms with E-state index in [-0.39, 0.29) is 0 Å². The van der Waals surface area contributed by atoms with Gasteiger partial charge in [0.2, 0.25) is 5.89 Å². The molecule has 4 heteroatoms. The van der Waals surface area contributed by atoms with Crippen molar-refractivity contribution in [3.8, 4) is 11.3 Å². The van der Waals surface area contributed by atoms with Crippen LogP contribution in [0.5, 0.6) is 0 Å². The maximum atomic E-state index is 5.95. The molecule has 96 valence electrons. The second-order valence-electron chi connectivity index (χ2n) is 4.54. The van der Waals surface area contributed by atoms with E-state index < -0.39 is 0 Å². The van der Waals surface area contributed by atoms with E-state index in [1.54, 1.807) is 6.20 Å². The van der Waals surface area contributed by atoms with Crippen molar-refractivity contribution in [3.05, 3.63) is 41.4 Å². The first kappa shape index (κ1) is 13.5. The number of hydrogen-bond donors (Lipinski definition) is 0. The lowest BCUT2D eigenvalue weighted by Crippen LogP contribution is -1.91. The normalized spacial score (nSPS) is 11.1. The van der Waals surface area contributed by atoms with Crippen molar-refractivity contribution < 1.29 is 4.42 Å². The fraction of sp³-hybridized carbons (Fsp3) is 0.357. The smallest absolute Gasteiger partial charge is 0.204 e. The van der Waals surface area contributed by atoms with Crippen LogP contribution in [0, 0.1) is 5.92 Å². The number of benzene rings is 1. The average molecular weight is 282 g/mol. The minimum Gasteiger partial charge on any atom is -0.440 e. The van der Waals surface area contributed by atoms with E-state index in [2.05, 4.69) is 18.8 Å². The summed E-state index contributed by atoms with van der Waals surface area (Å²) in [6.07, 6.45) is 1.76. The number of nitrogens with zero attached hydrogens (tertiary/aromatic N) is 1. The number of oxazole rings is 1. The molecule has 0 bridgehead atoms. The fourth-order valence-corrected chi connectivity index (χ4v) is 2.62. The first-order chi connectivity index (χ1) is 8.65. The van der Waals surface area contributed by atoms with E-state index in [4.69, 9.17) is 16.0 Å². The van der Waals surface area contributed by atoms with Crippen LogP contribution in [0.15, 0.2) is 34.9 Å². The maximum Gasteiger partial charge on any atom is 0.204 e. The molecule has 0 aliphatic rings. The zero-order valence-electron chi connectivity index (χ0n) is 10.5. The minimum absolute atomic E-state index is 0.692. The quantitative estimate of drug-likeness (QED) is 0.781. The predicted molar refractivity (Wildman–Crippen MR) is 77.9 cm³/mol. The van der Waals surface area contributed by atoms with E-state index >= 15 is 0 Å². The van der Waals surface area contributed by atoms with Crippen molar-refractivity contribution in [2.24, 2.45) is 5.92 Å². The first-order valence-corrected chi connectivity index (χ1v) is 7.47. The van der Waals surface area contributed by atoms with Gasteiger partial charge in [-0.3, -0.25) is 0 Å². The molecular weight excluding hydrogens is 266 g/mol. The van der Waals surface area contributed by atoms with E-state index in [1.807, 2.05) is 36.0 Å². The van der Waals surface area contributed by atoms with Gasteiger partial charge < -0.3 is 4.42 Å². The number of aromatic nitrogens is 1. The number of hydrogen-bond acceptors (Lipinski definition) is 3. The Hall–Kier alpha value is -0.930. The van der Waals surface area contributed by atoms with Crippen LogP contribution >= 0.6 is 23.4 Å². The summed E-state index contributed by atoms with van der Waals surface area (Å²) in [4.78, 5) is 4.29. The van der Waals surface area contributed by atoms with Gasteiger partial charge in [-0.15, -0.1) is 0 Å². The molecule has 0 amide bonds. The molecular formula is C14H16ClNOS. The molecule has 18 heavy (non-hydrogen) atoms. The molecule has 0 atom stereocenters. The van der Waals surface area contributed by atoms with Crippen LogP contribution in [-0.2, 0) is 5.75 Å². The number of halogens is 1. The van der Waals surface area contributed by atoms with E-state index in [0.29, 0.717) is 10.9 Å². The third kappa shape index (κ3) is 3.79. The van der Waals surface area contributed by atoms with E-state index in [9.17, 15) is 0 Å². The summed E-state index contributed by atoms with van der Waals surface area (Å²) in [5.74, 6) is 4.18. The van der Waals surface area contributed by atoms with Gasteiger partial charge in [0.05, 0.1) is 11.9 Å². The van der Waals surface area contributed by atoms with Gasteiger partial charge in [-0.1, -0.05) is 37.6 Å². The van der Waals surface area contributed by atoms with Crippen LogP contribution in [0.4, 0.5) is 0 Å². The standard InChI is InChI=1S/C14H16ClNOS/c1-10(2)8-18-9-14-16-7-13(17-14)11-4-3-5-12(15)6-11/h3-7,10H,8-9H2,1-2H3.